The molecule has 1 aromatic carbocycles. The van der Waals surface area contributed by atoms with E-state index in [0.717, 1.165) is 0 Å². The van der Waals surface area contributed by atoms with Crippen LogP contribution in [0.4, 0.5) is 0 Å². The van der Waals surface area contributed by atoms with E-state index in [9.17, 15) is 8.42 Å². The second-order valence-corrected chi connectivity index (χ2v) is 5.25. The van der Waals surface area contributed by atoms with Crippen LogP contribution in [0.5, 0.6) is 0 Å². The predicted molar refractivity (Wildman–Crippen MR) is 57.3 cm³/mol. The Bertz CT molecular complexity index is 539. The second-order valence-electron chi connectivity index (χ2n) is 2.47. The van der Waals surface area contributed by atoms with Crippen LogP contribution in [0.3, 0.4) is 0 Å². The van der Waals surface area contributed by atoms with E-state index in [1.807, 2.05) is 0 Å². The summed E-state index contributed by atoms with van der Waals surface area (Å²) in [4.78, 5) is -0.0972. The number of nitriles is 1. The molecule has 0 radical (unpaired) electrons. The largest absolute Gasteiger partial charge is 1.00 e. The summed E-state index contributed by atoms with van der Waals surface area (Å²) in [6.07, 6.45) is 0. The van der Waals surface area contributed by atoms with E-state index in [1.54, 1.807) is 0 Å². The van der Waals surface area contributed by atoms with Gasteiger partial charge in [-0.25, -0.2) is 8.42 Å². The molecule has 1 rings (SSSR count). The molecule has 1 N–H and O–H groups in total. The van der Waals surface area contributed by atoms with Gasteiger partial charge in [0.1, 0.15) is 6.07 Å². The molecule has 0 unspecified atom stereocenters. The molecule has 0 atom stereocenters. The van der Waals surface area contributed by atoms with Gasteiger partial charge in [0.25, 0.3) is 5.04 Å². The van der Waals surface area contributed by atoms with E-state index < -0.39 is 14.9 Å². The van der Waals surface area contributed by atoms with Crippen molar-refractivity contribution in [1.29, 1.82) is 5.26 Å². The number of hydrogen-bond donors (Lipinski definition) is 1. The van der Waals surface area contributed by atoms with Crippen molar-refractivity contribution < 1.29 is 44.6 Å². The first-order valence-corrected chi connectivity index (χ1v) is 5.93. The van der Waals surface area contributed by atoms with Crippen LogP contribution in [-0.4, -0.2) is 18.7 Å². The van der Waals surface area contributed by atoms with Crippen molar-refractivity contribution in [1.82, 2.24) is 0 Å². The molecule has 0 aliphatic rings. The molecular weight excluding hydrogens is 307 g/mol. The van der Waals surface area contributed by atoms with Gasteiger partial charge in [-0.1, -0.05) is 21.1 Å². The molecule has 0 aromatic heterocycles. The minimum Gasteiger partial charge on any atom is -1.00 e. The van der Waals surface area contributed by atoms with Gasteiger partial charge >= 0.3 is 29.6 Å². The fraction of sp³-hybridized carbons (Fsp3) is 0. The third-order valence-corrected chi connectivity index (χ3v) is 3.67. The molecule has 0 saturated heterocycles. The van der Waals surface area contributed by atoms with Crippen LogP contribution < -0.4 is 29.6 Å². The second kappa shape index (κ2) is 6.37. The zero-order chi connectivity index (χ0) is 11.5. The molecule has 0 heterocycles. The van der Waals surface area contributed by atoms with Crippen LogP contribution in [0.2, 0.25) is 0 Å². The van der Waals surface area contributed by atoms with E-state index in [-0.39, 0.29) is 35.9 Å². The molecule has 0 aliphatic carbocycles. The van der Waals surface area contributed by atoms with Gasteiger partial charge in [-0.05, 0) is 24.3 Å². The van der Waals surface area contributed by atoms with Gasteiger partial charge in [0.2, 0.25) is 9.84 Å². The van der Waals surface area contributed by atoms with E-state index >= 15 is 0 Å². The Morgan fingerprint density at radius 3 is 2.31 bits per heavy atom. The molecule has 16 heavy (non-hydrogen) atoms. The Hall–Kier alpha value is -0.390. The van der Waals surface area contributed by atoms with Crippen molar-refractivity contribution in [2.45, 2.75) is 4.90 Å². The van der Waals surface area contributed by atoms with Gasteiger partial charge < -0.3 is 6.63 Å². The zero-order valence-electron chi connectivity index (χ0n) is 9.25. The average Bonchev–Trinajstić information content (AvgIpc) is 2.19. The van der Waals surface area contributed by atoms with Gasteiger partial charge in [0.15, 0.2) is 0 Å². The predicted octanol–water partition coefficient (Wildman–Crippen LogP) is -1.35. The van der Waals surface area contributed by atoms with Crippen molar-refractivity contribution in [3.8, 4) is 6.07 Å². The third kappa shape index (κ3) is 3.30. The van der Waals surface area contributed by atoms with E-state index in [1.165, 1.54) is 30.3 Å². The van der Waals surface area contributed by atoms with E-state index in [2.05, 4.69) is 21.1 Å². The first kappa shape index (κ1) is 15.6. The summed E-state index contributed by atoms with van der Waals surface area (Å²) in [6, 6.07) is 6.95. The first-order chi connectivity index (χ1) is 7.02. The molecule has 0 bridgehead atoms. The molecule has 0 fully saturated rings. The van der Waals surface area contributed by atoms with Crippen molar-refractivity contribution in [3.05, 3.63) is 28.7 Å². The Morgan fingerprint density at radius 2 is 1.94 bits per heavy atom. The maximum Gasteiger partial charge on any atom is 1.00 e. The van der Waals surface area contributed by atoms with Gasteiger partial charge in [0.05, 0.1) is 4.90 Å². The van der Waals surface area contributed by atoms with Crippen LogP contribution in [0.15, 0.2) is 38.8 Å². The van der Waals surface area contributed by atoms with E-state index in [4.69, 9.17) is 10.5 Å². The quantitative estimate of drug-likeness (QED) is 0.228. The fourth-order valence-corrected chi connectivity index (χ4v) is 2.07. The number of halogens is 1. The van der Waals surface area contributed by atoms with Crippen molar-refractivity contribution in [3.63, 3.8) is 0 Å². The van der Waals surface area contributed by atoms with Crippen LogP contribution in [0, 0.1) is 11.3 Å². The number of sulfone groups is 1. The fourth-order valence-electron chi connectivity index (χ4n) is 0.862. The molecule has 5 nitrogen and oxygen atoms in total. The maximum atomic E-state index is 11.6. The van der Waals surface area contributed by atoms with Crippen molar-refractivity contribution in [2.75, 3.05) is 0 Å². The minimum absolute atomic E-state index is 0. The summed E-state index contributed by atoms with van der Waals surface area (Å²) in [5.41, 5.74) is 0. The Morgan fingerprint density at radius 1 is 1.44 bits per heavy atom. The van der Waals surface area contributed by atoms with Crippen LogP contribution in [0.25, 0.3) is 0 Å². The molecule has 80 valence electrons. The van der Waals surface area contributed by atoms with Crippen molar-refractivity contribution >= 4 is 30.8 Å². The summed E-state index contributed by atoms with van der Waals surface area (Å²) in [6.45, 7) is 0. The van der Waals surface area contributed by atoms with Gasteiger partial charge in [-0.15, -0.1) is 0 Å². The molecule has 0 spiro atoms. The third-order valence-electron chi connectivity index (χ3n) is 1.56. The number of nitrogens with zero attached hydrogens (tertiary/aromatic N) is 2. The Kier molecular flexibility index (Phi) is 6.22. The average molecular weight is 313 g/mol. The van der Waals surface area contributed by atoms with Gasteiger partial charge in [-0.3, -0.25) is 0 Å². The maximum absolute atomic E-state index is 11.6. The normalized spacial score (nSPS) is 11.4. The molecular formula is C8H6BrN2NaO3S. The Balaban J connectivity index is 0. The summed E-state index contributed by atoms with van der Waals surface area (Å²) in [5, 5.41) is 18.3. The smallest absolute Gasteiger partial charge is 1.00 e. The van der Waals surface area contributed by atoms with Crippen LogP contribution in [0.1, 0.15) is 1.43 Å². The Labute approximate surface area is 125 Å². The molecule has 0 aliphatic heterocycles. The molecule has 1 aromatic rings. The monoisotopic (exact) mass is 312 g/mol. The zero-order valence-corrected chi connectivity index (χ0v) is 12.7. The van der Waals surface area contributed by atoms with Crippen molar-refractivity contribution in [2.24, 2.45) is 5.16 Å². The summed E-state index contributed by atoms with van der Waals surface area (Å²) >= 11 is 3.14. The number of benzene rings is 1. The first-order valence-electron chi connectivity index (χ1n) is 3.65. The molecule has 8 heteroatoms. The van der Waals surface area contributed by atoms with Gasteiger partial charge in [-0.2, -0.15) is 5.26 Å². The summed E-state index contributed by atoms with van der Waals surface area (Å²) in [5.74, 6) is 0. The summed E-state index contributed by atoms with van der Waals surface area (Å²) in [7, 11) is -4.00. The summed E-state index contributed by atoms with van der Waals surface area (Å²) < 4.78 is 23.9. The standard InChI is InChI=1S/C8H5BrN2O3S.Na.H/c9-6-1-3-7(4-2-6)15(13,14)8(5-10)11-12;;/h1-4,12H;;/q;+1;-1. The molecule has 0 saturated carbocycles. The van der Waals surface area contributed by atoms with E-state index in [0.29, 0.717) is 4.47 Å². The van der Waals surface area contributed by atoms with Crippen LogP contribution >= 0.6 is 15.9 Å². The SMILES string of the molecule is N#CC(=NO)S(=O)(=O)c1ccc(Br)cc1.[H-].[Na+]. The van der Waals surface area contributed by atoms with Gasteiger partial charge in [0, 0.05) is 4.47 Å². The topological polar surface area (TPSA) is 90.5 Å². The number of oxime groups is 1. The molecule has 0 amide bonds. The minimum atomic E-state index is -4.00. The van der Waals surface area contributed by atoms with Crippen LogP contribution in [-0.2, 0) is 9.84 Å². The number of rotatable bonds is 1. The number of hydrogen-bond acceptors (Lipinski definition) is 5.